The van der Waals surface area contributed by atoms with Gasteiger partial charge in [-0.2, -0.15) is 0 Å². The number of hydrogen-bond donors (Lipinski definition) is 2. The Morgan fingerprint density at radius 1 is 0.583 bits per heavy atom. The largest absolute Gasteiger partial charge is 0.478 e. The van der Waals surface area contributed by atoms with E-state index in [4.69, 9.17) is 0 Å². The van der Waals surface area contributed by atoms with Crippen LogP contribution in [0.1, 0.15) is 43.2 Å². The molecule has 0 fully saturated rings. The Labute approximate surface area is 206 Å². The van der Waals surface area contributed by atoms with Crippen LogP contribution in [-0.2, 0) is 0 Å². The van der Waals surface area contributed by atoms with Crippen molar-refractivity contribution < 1.29 is 19.8 Å². The number of hydrogen-bond acceptors (Lipinski definition) is 4. The van der Waals surface area contributed by atoms with Crippen LogP contribution < -0.4 is 11.1 Å². The smallest absolute Gasteiger partial charge is 0.337 e. The van der Waals surface area contributed by atoms with Crippen molar-refractivity contribution in [2.75, 3.05) is 0 Å². The van der Waals surface area contributed by atoms with E-state index in [2.05, 4.69) is 0 Å². The molecule has 0 bridgehead atoms. The first-order valence-electron chi connectivity index (χ1n) is 11.2. The summed E-state index contributed by atoms with van der Waals surface area (Å²) in [5.74, 6) is -2.18. The highest BCUT2D eigenvalue weighted by molar-refractivity contribution is 5.91. The molecule has 0 saturated carbocycles. The van der Waals surface area contributed by atoms with Crippen molar-refractivity contribution in [3.63, 3.8) is 0 Å². The topological polar surface area (TPSA) is 119 Å². The first-order valence-corrected chi connectivity index (χ1v) is 11.2. The standard InChI is InChI=1S/C28H24N2O6/c1-15-13-23(31)29(17(3)25(15)27(33)34)21-9-5-19(6-10-21)20-7-11-22(12-8-20)30-18(4)26(28(35)36)16(2)14-24(30)32/h5-14H,1-4H3,(H,33,34)(H,35,36). The van der Waals surface area contributed by atoms with E-state index < -0.39 is 11.9 Å². The van der Waals surface area contributed by atoms with E-state index in [1.54, 1.807) is 52.0 Å². The van der Waals surface area contributed by atoms with Crippen molar-refractivity contribution >= 4 is 11.9 Å². The van der Waals surface area contributed by atoms with Gasteiger partial charge in [-0.3, -0.25) is 18.7 Å². The SMILES string of the molecule is Cc1cc(=O)n(-c2ccc(-c3ccc(-n4c(C)c(C(=O)O)c(C)cc4=O)cc3)cc2)c(C)c1C(=O)O. The average molecular weight is 485 g/mol. The Bertz CT molecular complexity index is 1520. The maximum atomic E-state index is 12.6. The van der Waals surface area contributed by atoms with E-state index in [-0.39, 0.29) is 22.2 Å². The predicted octanol–water partition coefficient (Wildman–Crippen LogP) is 4.29. The fraction of sp³-hybridized carbons (Fsp3) is 0.143. The molecule has 2 aromatic carbocycles. The molecule has 0 saturated heterocycles. The lowest BCUT2D eigenvalue weighted by molar-refractivity contribution is 0.0683. The molecule has 8 heteroatoms. The number of benzene rings is 2. The van der Waals surface area contributed by atoms with Crippen LogP contribution in [0.4, 0.5) is 0 Å². The first kappa shape index (κ1) is 24.4. The number of aryl methyl sites for hydroxylation is 2. The van der Waals surface area contributed by atoms with Gasteiger partial charge in [0.25, 0.3) is 11.1 Å². The van der Waals surface area contributed by atoms with Crippen molar-refractivity contribution in [2.24, 2.45) is 0 Å². The number of carbonyl (C=O) groups is 2. The lowest BCUT2D eigenvalue weighted by atomic mass is 10.0. The van der Waals surface area contributed by atoms with Gasteiger partial charge in [-0.15, -0.1) is 0 Å². The second-order valence-corrected chi connectivity index (χ2v) is 8.63. The van der Waals surface area contributed by atoms with E-state index in [9.17, 15) is 29.4 Å². The molecule has 0 radical (unpaired) electrons. The Hall–Kier alpha value is -4.72. The summed E-state index contributed by atoms with van der Waals surface area (Å²) >= 11 is 0. The summed E-state index contributed by atoms with van der Waals surface area (Å²) in [6, 6.07) is 16.9. The molecular formula is C28H24N2O6. The average Bonchev–Trinajstić information content (AvgIpc) is 2.79. The fourth-order valence-electron chi connectivity index (χ4n) is 4.66. The molecule has 2 N–H and O–H groups in total. The second kappa shape index (κ2) is 9.14. The fourth-order valence-corrected chi connectivity index (χ4v) is 4.66. The summed E-state index contributed by atoms with van der Waals surface area (Å²) in [5, 5.41) is 19.1. The predicted molar refractivity (Wildman–Crippen MR) is 136 cm³/mol. The van der Waals surface area contributed by atoms with E-state index in [0.717, 1.165) is 11.1 Å². The van der Waals surface area contributed by atoms with Crippen LogP contribution in [0.3, 0.4) is 0 Å². The quantitative estimate of drug-likeness (QED) is 0.436. The van der Waals surface area contributed by atoms with Crippen molar-refractivity contribution in [1.29, 1.82) is 0 Å². The molecule has 0 atom stereocenters. The van der Waals surface area contributed by atoms with Gasteiger partial charge in [0, 0.05) is 34.9 Å². The van der Waals surface area contributed by atoms with Gasteiger partial charge < -0.3 is 10.2 Å². The van der Waals surface area contributed by atoms with Gasteiger partial charge in [0.1, 0.15) is 0 Å². The minimum absolute atomic E-state index is 0.0990. The maximum absolute atomic E-state index is 12.6. The van der Waals surface area contributed by atoms with Crippen LogP contribution in [0.2, 0.25) is 0 Å². The summed E-state index contributed by atoms with van der Waals surface area (Å²) < 4.78 is 2.74. The number of carboxylic acids is 2. The normalized spacial score (nSPS) is 10.9. The Balaban J connectivity index is 1.71. The van der Waals surface area contributed by atoms with E-state index in [1.165, 1.54) is 21.3 Å². The molecule has 0 amide bonds. The van der Waals surface area contributed by atoms with Crippen LogP contribution in [0.5, 0.6) is 0 Å². The van der Waals surface area contributed by atoms with E-state index in [1.807, 2.05) is 24.3 Å². The van der Waals surface area contributed by atoms with Crippen LogP contribution in [0, 0.1) is 27.7 Å². The van der Waals surface area contributed by atoms with Gasteiger partial charge in [-0.05, 0) is 74.2 Å². The molecule has 0 aliphatic carbocycles. The summed E-state index contributed by atoms with van der Waals surface area (Å²) in [6.07, 6.45) is 0. The van der Waals surface area contributed by atoms with Crippen LogP contribution in [0.25, 0.3) is 22.5 Å². The number of aromatic carboxylic acids is 2. The molecule has 182 valence electrons. The highest BCUT2D eigenvalue weighted by Crippen LogP contribution is 2.24. The zero-order chi connectivity index (χ0) is 26.3. The summed E-state index contributed by atoms with van der Waals surface area (Å²) in [4.78, 5) is 48.5. The third-order valence-electron chi connectivity index (χ3n) is 6.32. The van der Waals surface area contributed by atoms with Gasteiger partial charge in [0.05, 0.1) is 11.1 Å². The van der Waals surface area contributed by atoms with E-state index in [0.29, 0.717) is 33.9 Å². The van der Waals surface area contributed by atoms with E-state index >= 15 is 0 Å². The second-order valence-electron chi connectivity index (χ2n) is 8.63. The lowest BCUT2D eigenvalue weighted by Gasteiger charge is -2.15. The minimum atomic E-state index is -1.09. The summed E-state index contributed by atoms with van der Waals surface area (Å²) in [7, 11) is 0. The Morgan fingerprint density at radius 3 is 1.17 bits per heavy atom. The van der Waals surface area contributed by atoms with Gasteiger partial charge in [0.2, 0.25) is 0 Å². The van der Waals surface area contributed by atoms with Crippen LogP contribution in [-0.4, -0.2) is 31.3 Å². The molecule has 0 aliphatic heterocycles. The highest BCUT2D eigenvalue weighted by Gasteiger charge is 2.18. The number of pyridine rings is 2. The first-order chi connectivity index (χ1) is 17.0. The molecule has 4 aromatic rings. The van der Waals surface area contributed by atoms with Gasteiger partial charge in [-0.25, -0.2) is 9.59 Å². The summed E-state index contributed by atoms with van der Waals surface area (Å²) in [6.45, 7) is 6.41. The Kier molecular flexibility index (Phi) is 6.20. The molecule has 0 spiro atoms. The number of nitrogens with zero attached hydrogens (tertiary/aromatic N) is 2. The molecule has 4 rings (SSSR count). The van der Waals surface area contributed by atoms with Crippen molar-refractivity contribution in [3.8, 4) is 22.5 Å². The minimum Gasteiger partial charge on any atom is -0.478 e. The number of carboxylic acid groups (broad SMARTS) is 2. The number of aromatic nitrogens is 2. The number of rotatable bonds is 5. The zero-order valence-electron chi connectivity index (χ0n) is 20.2. The molecule has 2 aromatic heterocycles. The van der Waals surface area contributed by atoms with Gasteiger partial charge >= 0.3 is 11.9 Å². The van der Waals surface area contributed by atoms with Crippen LogP contribution >= 0.6 is 0 Å². The third-order valence-corrected chi connectivity index (χ3v) is 6.32. The third kappa shape index (κ3) is 4.13. The Morgan fingerprint density at radius 2 is 0.889 bits per heavy atom. The molecule has 36 heavy (non-hydrogen) atoms. The molecule has 0 unspecified atom stereocenters. The molecular weight excluding hydrogens is 460 g/mol. The monoisotopic (exact) mass is 484 g/mol. The highest BCUT2D eigenvalue weighted by atomic mass is 16.4. The summed E-state index contributed by atoms with van der Waals surface area (Å²) in [5.41, 5.74) is 3.89. The lowest BCUT2D eigenvalue weighted by Crippen LogP contribution is -2.24. The molecule has 0 aliphatic rings. The molecule has 8 nitrogen and oxygen atoms in total. The van der Waals surface area contributed by atoms with Crippen molar-refractivity contribution in [3.05, 3.63) is 115 Å². The van der Waals surface area contributed by atoms with Gasteiger partial charge in [-0.1, -0.05) is 24.3 Å². The molecule has 2 heterocycles. The zero-order valence-corrected chi connectivity index (χ0v) is 20.2. The van der Waals surface area contributed by atoms with Crippen molar-refractivity contribution in [2.45, 2.75) is 27.7 Å². The van der Waals surface area contributed by atoms with Crippen LogP contribution in [0.15, 0.2) is 70.3 Å². The van der Waals surface area contributed by atoms with Crippen molar-refractivity contribution in [1.82, 2.24) is 9.13 Å². The van der Waals surface area contributed by atoms with Gasteiger partial charge in [0.15, 0.2) is 0 Å². The maximum Gasteiger partial charge on any atom is 0.337 e.